The van der Waals surface area contributed by atoms with Crippen LogP contribution in [0.15, 0.2) is 96.3 Å². The monoisotopic (exact) mass is 413 g/mol. The molecule has 4 rings (SSSR count). The Morgan fingerprint density at radius 3 is 2.17 bits per heavy atom. The number of benzene rings is 3. The fraction of sp³-hybridized carbons (Fsp3) is 0.160. The fourth-order valence-corrected chi connectivity index (χ4v) is 4.35. The topological polar surface area (TPSA) is 54.9 Å². The van der Waals surface area contributed by atoms with Crippen LogP contribution in [0.1, 0.15) is 23.5 Å². The number of hydrogen-bond donors (Lipinski definition) is 1. The Morgan fingerprint density at radius 2 is 1.47 bits per heavy atom. The van der Waals surface area contributed by atoms with Gasteiger partial charge in [-0.1, -0.05) is 90.6 Å². The lowest BCUT2D eigenvalue weighted by molar-refractivity contribution is -0.118. The van der Waals surface area contributed by atoms with Gasteiger partial charge in [0.1, 0.15) is 11.4 Å². The van der Waals surface area contributed by atoms with Gasteiger partial charge in [0.05, 0.1) is 11.3 Å². The Kier molecular flexibility index (Phi) is 6.72. The zero-order chi connectivity index (χ0) is 20.6. The van der Waals surface area contributed by atoms with E-state index in [-0.39, 0.29) is 11.8 Å². The molecule has 0 spiro atoms. The van der Waals surface area contributed by atoms with Gasteiger partial charge in [-0.3, -0.25) is 4.79 Å². The van der Waals surface area contributed by atoms with Crippen molar-refractivity contribution in [1.29, 1.82) is 0 Å². The molecule has 0 fully saturated rings. The summed E-state index contributed by atoms with van der Waals surface area (Å²) in [5, 5.41) is 4.88. The number of nitrogens with zero attached hydrogens (tertiary/aromatic N) is 2. The maximum absolute atomic E-state index is 12.4. The van der Waals surface area contributed by atoms with Crippen molar-refractivity contribution in [2.75, 3.05) is 12.3 Å². The molecule has 4 nitrogen and oxygen atoms in total. The molecule has 4 aromatic rings. The van der Waals surface area contributed by atoms with Crippen molar-refractivity contribution >= 4 is 28.6 Å². The van der Waals surface area contributed by atoms with Crippen LogP contribution in [0.25, 0.3) is 10.9 Å². The average molecular weight is 414 g/mol. The zero-order valence-electron chi connectivity index (χ0n) is 16.6. The molecule has 1 heterocycles. The predicted molar refractivity (Wildman–Crippen MR) is 123 cm³/mol. The van der Waals surface area contributed by atoms with Gasteiger partial charge < -0.3 is 5.32 Å². The van der Waals surface area contributed by atoms with E-state index in [2.05, 4.69) is 63.8 Å². The molecule has 0 bridgehead atoms. The van der Waals surface area contributed by atoms with Crippen molar-refractivity contribution in [3.05, 3.63) is 102 Å². The first-order valence-electron chi connectivity index (χ1n) is 10.0. The minimum absolute atomic E-state index is 0.0163. The quantitative estimate of drug-likeness (QED) is 0.324. The van der Waals surface area contributed by atoms with Gasteiger partial charge in [0.25, 0.3) is 0 Å². The van der Waals surface area contributed by atoms with Crippen LogP contribution in [0, 0.1) is 0 Å². The number of carbonyl (C=O) groups excluding carboxylic acids is 1. The van der Waals surface area contributed by atoms with Crippen LogP contribution in [-0.4, -0.2) is 28.2 Å². The molecule has 0 saturated carbocycles. The van der Waals surface area contributed by atoms with Crippen LogP contribution in [0.3, 0.4) is 0 Å². The zero-order valence-corrected chi connectivity index (χ0v) is 17.4. The van der Waals surface area contributed by atoms with Crippen molar-refractivity contribution in [2.45, 2.75) is 17.4 Å². The number of rotatable bonds is 8. The summed E-state index contributed by atoms with van der Waals surface area (Å²) in [6.45, 7) is 0.623. The Hall–Kier alpha value is -3.18. The molecular formula is C25H23N3OS. The summed E-state index contributed by atoms with van der Waals surface area (Å²) in [5.74, 6) is 0.608. The van der Waals surface area contributed by atoms with Gasteiger partial charge in [-0.05, 0) is 23.6 Å². The summed E-state index contributed by atoms with van der Waals surface area (Å²) in [7, 11) is 0. The number of para-hydroxylation sites is 1. The van der Waals surface area contributed by atoms with Crippen LogP contribution < -0.4 is 5.32 Å². The summed E-state index contributed by atoms with van der Waals surface area (Å²) in [4.78, 5) is 21.0. The summed E-state index contributed by atoms with van der Waals surface area (Å²) < 4.78 is 0. The predicted octanol–water partition coefficient (Wildman–Crippen LogP) is 5.06. The smallest absolute Gasteiger partial charge is 0.230 e. The normalized spacial score (nSPS) is 11.0. The Morgan fingerprint density at radius 1 is 0.833 bits per heavy atom. The van der Waals surface area contributed by atoms with Gasteiger partial charge >= 0.3 is 0 Å². The molecule has 0 aliphatic carbocycles. The molecule has 0 saturated heterocycles. The first-order chi connectivity index (χ1) is 14.8. The van der Waals surface area contributed by atoms with Crippen LogP contribution in [-0.2, 0) is 4.79 Å². The highest BCUT2D eigenvalue weighted by molar-refractivity contribution is 8.00. The Bertz CT molecular complexity index is 1060. The first kappa shape index (κ1) is 20.1. The van der Waals surface area contributed by atoms with Crippen LogP contribution in [0.4, 0.5) is 0 Å². The molecular weight excluding hydrogens is 390 g/mol. The summed E-state index contributed by atoms with van der Waals surface area (Å²) in [6, 6.07) is 28.8. The van der Waals surface area contributed by atoms with E-state index in [0.717, 1.165) is 22.3 Å². The Balaban J connectivity index is 1.35. The van der Waals surface area contributed by atoms with E-state index in [0.29, 0.717) is 12.3 Å². The molecule has 0 aliphatic rings. The highest BCUT2D eigenvalue weighted by Crippen LogP contribution is 2.27. The summed E-state index contributed by atoms with van der Waals surface area (Å²) >= 11 is 1.45. The molecule has 1 amide bonds. The van der Waals surface area contributed by atoms with E-state index in [1.165, 1.54) is 22.9 Å². The second kappa shape index (κ2) is 10.0. The van der Waals surface area contributed by atoms with E-state index in [1.807, 2.05) is 36.4 Å². The third-order valence-electron chi connectivity index (χ3n) is 5.01. The number of amides is 1. The molecule has 1 aromatic heterocycles. The van der Waals surface area contributed by atoms with Crippen molar-refractivity contribution < 1.29 is 4.79 Å². The number of hydrogen-bond acceptors (Lipinski definition) is 4. The van der Waals surface area contributed by atoms with Gasteiger partial charge in [-0.2, -0.15) is 0 Å². The maximum atomic E-state index is 12.4. The lowest BCUT2D eigenvalue weighted by Crippen LogP contribution is -2.27. The number of nitrogens with one attached hydrogen (secondary N) is 1. The van der Waals surface area contributed by atoms with Gasteiger partial charge in [-0.15, -0.1) is 0 Å². The standard InChI is InChI=1S/C25H23N3OS/c29-24(17-30-25-22-13-7-8-14-23(22)27-18-28-25)26-16-15-21(19-9-3-1-4-10-19)20-11-5-2-6-12-20/h1-14,18,21H,15-17H2,(H,26,29). The van der Waals surface area contributed by atoms with Gasteiger partial charge in [0.2, 0.25) is 5.91 Å². The van der Waals surface area contributed by atoms with Crippen LogP contribution >= 0.6 is 11.8 Å². The molecule has 0 aliphatic heterocycles. The first-order valence-corrected chi connectivity index (χ1v) is 11.0. The molecule has 0 atom stereocenters. The third-order valence-corrected chi connectivity index (χ3v) is 6.01. The SMILES string of the molecule is O=C(CSc1ncnc2ccccc12)NCCC(c1ccccc1)c1ccccc1. The van der Waals surface area contributed by atoms with E-state index >= 15 is 0 Å². The van der Waals surface area contributed by atoms with Crippen LogP contribution in [0.2, 0.25) is 0 Å². The van der Waals surface area contributed by atoms with Crippen molar-refractivity contribution in [3.63, 3.8) is 0 Å². The largest absolute Gasteiger partial charge is 0.355 e. The number of thioether (sulfide) groups is 1. The molecule has 150 valence electrons. The number of carbonyl (C=O) groups is 1. The lowest BCUT2D eigenvalue weighted by Gasteiger charge is -2.18. The number of fused-ring (bicyclic) bond motifs is 1. The van der Waals surface area contributed by atoms with E-state index < -0.39 is 0 Å². The second-order valence-corrected chi connectivity index (χ2v) is 7.96. The van der Waals surface area contributed by atoms with Crippen molar-refractivity contribution in [1.82, 2.24) is 15.3 Å². The fourth-order valence-electron chi connectivity index (χ4n) is 3.53. The second-order valence-electron chi connectivity index (χ2n) is 7.00. The molecule has 5 heteroatoms. The van der Waals surface area contributed by atoms with Gasteiger partial charge in [0.15, 0.2) is 0 Å². The summed E-state index contributed by atoms with van der Waals surface area (Å²) in [5.41, 5.74) is 3.42. The molecule has 3 aromatic carbocycles. The van der Waals surface area contributed by atoms with E-state index in [9.17, 15) is 4.79 Å². The highest BCUT2D eigenvalue weighted by Gasteiger charge is 2.14. The number of aromatic nitrogens is 2. The molecule has 0 unspecified atom stereocenters. The van der Waals surface area contributed by atoms with E-state index in [1.54, 1.807) is 6.33 Å². The average Bonchev–Trinajstić information content (AvgIpc) is 2.81. The van der Waals surface area contributed by atoms with Crippen molar-refractivity contribution in [2.24, 2.45) is 0 Å². The van der Waals surface area contributed by atoms with Crippen molar-refractivity contribution in [3.8, 4) is 0 Å². The minimum Gasteiger partial charge on any atom is -0.355 e. The van der Waals surface area contributed by atoms with Gasteiger partial charge in [-0.25, -0.2) is 9.97 Å². The molecule has 0 radical (unpaired) electrons. The lowest BCUT2D eigenvalue weighted by atomic mass is 9.88. The van der Waals surface area contributed by atoms with E-state index in [4.69, 9.17) is 0 Å². The maximum Gasteiger partial charge on any atom is 0.230 e. The molecule has 1 N–H and O–H groups in total. The minimum atomic E-state index is 0.0163. The molecule has 30 heavy (non-hydrogen) atoms. The van der Waals surface area contributed by atoms with Gasteiger partial charge in [0, 0.05) is 17.8 Å². The highest BCUT2D eigenvalue weighted by atomic mass is 32.2. The van der Waals surface area contributed by atoms with Crippen LogP contribution in [0.5, 0.6) is 0 Å². The Labute approximate surface area is 180 Å². The third kappa shape index (κ3) is 5.05. The summed E-state index contributed by atoms with van der Waals surface area (Å²) in [6.07, 6.45) is 2.40.